The summed E-state index contributed by atoms with van der Waals surface area (Å²) in [4.78, 5) is 32.7. The Morgan fingerprint density at radius 1 is 0.911 bits per heavy atom. The normalized spacial score (nSPS) is 16.8. The minimum absolute atomic E-state index is 0.00451. The van der Waals surface area contributed by atoms with Gasteiger partial charge in [-0.25, -0.2) is 28.5 Å². The van der Waals surface area contributed by atoms with Crippen LogP contribution >= 0.6 is 0 Å². The van der Waals surface area contributed by atoms with Crippen LogP contribution in [0, 0.1) is 6.92 Å². The second kappa shape index (κ2) is 12.8. The maximum Gasteiger partial charge on any atom is 0.573 e. The molecule has 0 spiro atoms. The summed E-state index contributed by atoms with van der Waals surface area (Å²) in [5.41, 5.74) is 1.27. The maximum absolute atomic E-state index is 13.6. The van der Waals surface area contributed by atoms with Crippen LogP contribution in [0.5, 0.6) is 11.5 Å². The molecule has 1 aliphatic rings. The lowest BCUT2D eigenvalue weighted by Crippen LogP contribution is -2.59. The van der Waals surface area contributed by atoms with Crippen LogP contribution in [0.1, 0.15) is 11.4 Å². The topological polar surface area (TPSA) is 123 Å². The van der Waals surface area contributed by atoms with Gasteiger partial charge in [0.25, 0.3) is 0 Å². The van der Waals surface area contributed by atoms with Crippen LogP contribution in [0.15, 0.2) is 65.8 Å². The second-order valence-corrected chi connectivity index (χ2v) is 11.1. The van der Waals surface area contributed by atoms with E-state index in [1.165, 1.54) is 41.0 Å². The van der Waals surface area contributed by atoms with Crippen LogP contribution in [0.4, 0.5) is 32.2 Å². The molecule has 238 valence electrons. The smallest absolute Gasteiger partial charge is 0.406 e. The Balaban J connectivity index is 1.35. The Morgan fingerprint density at radius 2 is 1.53 bits per heavy atom. The standard InChI is InChI=1S/C27H23F6N7O4S/c1-16-34-13-21-24(37-16)38-23(14-35-21)39-10-11-40(45(42)20-8-6-19(7-9-20)44-27(31,32)33)22(15-39)25(41)36-12-17-2-4-18(5-3-17)43-26(28,29)30/h2-9,13-14,22H,10-12,15H2,1H3,(H,36,41)/t22-,45?/m1/s1. The van der Waals surface area contributed by atoms with Gasteiger partial charge in [-0.1, -0.05) is 12.1 Å². The average Bonchev–Trinajstić information content (AvgIpc) is 2.98. The van der Waals surface area contributed by atoms with Crippen molar-refractivity contribution >= 4 is 33.9 Å². The summed E-state index contributed by atoms with van der Waals surface area (Å²) in [6.07, 6.45) is -6.73. The van der Waals surface area contributed by atoms with E-state index in [9.17, 15) is 35.3 Å². The zero-order valence-electron chi connectivity index (χ0n) is 23.2. The average molecular weight is 656 g/mol. The van der Waals surface area contributed by atoms with Crippen LogP contribution in [0.2, 0.25) is 0 Å². The molecular weight excluding hydrogens is 632 g/mol. The monoisotopic (exact) mass is 655 g/mol. The van der Waals surface area contributed by atoms with Gasteiger partial charge in [-0.3, -0.25) is 4.79 Å². The molecule has 1 fully saturated rings. The van der Waals surface area contributed by atoms with Crippen LogP contribution in [0.3, 0.4) is 0 Å². The first kappa shape index (κ1) is 31.8. The molecule has 1 unspecified atom stereocenters. The fourth-order valence-corrected chi connectivity index (χ4v) is 5.72. The first-order valence-electron chi connectivity index (χ1n) is 13.1. The third-order valence-corrected chi connectivity index (χ3v) is 8.00. The number of aromatic nitrogens is 4. The molecule has 1 saturated heterocycles. The Kier molecular flexibility index (Phi) is 9.06. The quantitative estimate of drug-likeness (QED) is 0.280. The van der Waals surface area contributed by atoms with Crippen LogP contribution in [-0.2, 0) is 22.3 Å². The van der Waals surface area contributed by atoms with Crippen LogP contribution < -0.4 is 19.7 Å². The van der Waals surface area contributed by atoms with E-state index < -0.39 is 47.2 Å². The van der Waals surface area contributed by atoms with E-state index in [1.54, 1.807) is 11.8 Å². The number of anilines is 1. The SMILES string of the molecule is Cc1ncc2ncc(N3CCN(S(=O)c4ccc(OC(F)(F)F)cc4)[C@@H](C(=O)NCc4ccc(OC(F)(F)F)cc4)C3)nc2n1. The minimum atomic E-state index is -4.90. The van der Waals surface area contributed by atoms with Crippen LogP contribution in [-0.4, -0.2) is 72.8 Å². The summed E-state index contributed by atoms with van der Waals surface area (Å²) in [7, 11) is -1.98. The molecule has 3 heterocycles. The third kappa shape index (κ3) is 8.33. The van der Waals surface area contributed by atoms with E-state index >= 15 is 0 Å². The number of hydrogen-bond donors (Lipinski definition) is 1. The molecule has 4 aromatic rings. The molecule has 0 bridgehead atoms. The van der Waals surface area contributed by atoms with Crippen molar-refractivity contribution in [2.24, 2.45) is 0 Å². The van der Waals surface area contributed by atoms with Gasteiger partial charge in [-0.05, 0) is 48.9 Å². The number of halogens is 6. The molecule has 45 heavy (non-hydrogen) atoms. The van der Waals surface area contributed by atoms with E-state index in [-0.39, 0.29) is 31.1 Å². The molecule has 2 aromatic heterocycles. The fraction of sp³-hybridized carbons (Fsp3) is 0.296. The van der Waals surface area contributed by atoms with Crippen molar-refractivity contribution in [1.29, 1.82) is 0 Å². The predicted molar refractivity (Wildman–Crippen MR) is 147 cm³/mol. The van der Waals surface area contributed by atoms with Crippen molar-refractivity contribution in [1.82, 2.24) is 29.6 Å². The second-order valence-electron chi connectivity index (χ2n) is 9.63. The van der Waals surface area contributed by atoms with E-state index in [0.717, 1.165) is 24.3 Å². The Morgan fingerprint density at radius 3 is 2.16 bits per heavy atom. The Hall–Kier alpha value is -4.58. The Bertz CT molecular complexity index is 1690. The summed E-state index contributed by atoms with van der Waals surface area (Å²) in [6.45, 7) is 1.96. The molecule has 5 rings (SSSR count). The van der Waals surface area contributed by atoms with Crippen molar-refractivity contribution in [2.75, 3.05) is 24.5 Å². The molecule has 0 radical (unpaired) electrons. The number of nitrogens with zero attached hydrogens (tertiary/aromatic N) is 6. The highest BCUT2D eigenvalue weighted by Gasteiger charge is 2.37. The number of aryl methyl sites for hydroxylation is 1. The molecule has 2 atom stereocenters. The van der Waals surface area contributed by atoms with Crippen molar-refractivity contribution in [3.05, 3.63) is 72.3 Å². The molecule has 1 N–H and O–H groups in total. The highest BCUT2D eigenvalue weighted by atomic mass is 32.2. The highest BCUT2D eigenvalue weighted by molar-refractivity contribution is 7.82. The summed E-state index contributed by atoms with van der Waals surface area (Å²) in [5, 5.41) is 2.71. The number of rotatable bonds is 8. The zero-order chi connectivity index (χ0) is 32.4. The van der Waals surface area contributed by atoms with Crippen molar-refractivity contribution < 1.29 is 44.8 Å². The maximum atomic E-state index is 13.6. The lowest BCUT2D eigenvalue weighted by molar-refractivity contribution is -0.275. The molecule has 18 heteroatoms. The lowest BCUT2D eigenvalue weighted by Gasteiger charge is -2.39. The summed E-state index contributed by atoms with van der Waals surface area (Å²) in [6, 6.07) is 8.32. The number of benzene rings is 2. The van der Waals surface area contributed by atoms with Gasteiger partial charge in [0.2, 0.25) is 5.91 Å². The predicted octanol–water partition coefficient (Wildman–Crippen LogP) is 4.06. The number of carbonyl (C=O) groups is 1. The van der Waals surface area contributed by atoms with Gasteiger partial charge in [0.1, 0.15) is 45.7 Å². The molecule has 2 aromatic carbocycles. The number of alkyl halides is 6. The van der Waals surface area contributed by atoms with E-state index in [2.05, 4.69) is 34.7 Å². The molecule has 1 aliphatic heterocycles. The van der Waals surface area contributed by atoms with Gasteiger partial charge >= 0.3 is 12.7 Å². The van der Waals surface area contributed by atoms with Gasteiger partial charge in [0, 0.05) is 26.2 Å². The molecule has 11 nitrogen and oxygen atoms in total. The van der Waals surface area contributed by atoms with Gasteiger partial charge in [0.05, 0.1) is 17.3 Å². The number of amides is 1. The van der Waals surface area contributed by atoms with Gasteiger partial charge in [0.15, 0.2) is 5.65 Å². The van der Waals surface area contributed by atoms with E-state index in [0.29, 0.717) is 28.4 Å². The Labute approximate surface area is 253 Å². The number of ether oxygens (including phenoxy) is 2. The van der Waals surface area contributed by atoms with E-state index in [1.807, 2.05) is 0 Å². The fourth-order valence-electron chi connectivity index (χ4n) is 4.44. The van der Waals surface area contributed by atoms with Crippen molar-refractivity contribution in [3.63, 3.8) is 0 Å². The largest absolute Gasteiger partial charge is 0.573 e. The highest BCUT2D eigenvalue weighted by Crippen LogP contribution is 2.27. The summed E-state index contributed by atoms with van der Waals surface area (Å²) < 4.78 is 98.0. The van der Waals surface area contributed by atoms with Crippen molar-refractivity contribution in [3.8, 4) is 11.5 Å². The first-order valence-corrected chi connectivity index (χ1v) is 14.2. The number of nitrogens with one attached hydrogen (secondary N) is 1. The van der Waals surface area contributed by atoms with Crippen molar-refractivity contribution in [2.45, 2.75) is 37.1 Å². The first-order chi connectivity index (χ1) is 21.2. The van der Waals surface area contributed by atoms with Crippen LogP contribution in [0.25, 0.3) is 11.2 Å². The molecular formula is C27H23F6N7O4S. The molecule has 1 amide bonds. The number of hydrogen-bond acceptors (Lipinski definition) is 9. The van der Waals surface area contributed by atoms with Gasteiger partial charge in [-0.2, -0.15) is 0 Å². The molecule has 0 aliphatic carbocycles. The number of fused-ring (bicyclic) bond motifs is 1. The number of piperazine rings is 1. The summed E-state index contributed by atoms with van der Waals surface area (Å²) >= 11 is 0. The number of carbonyl (C=O) groups excluding carboxylic acids is 1. The van der Waals surface area contributed by atoms with Gasteiger partial charge < -0.3 is 19.7 Å². The molecule has 0 saturated carbocycles. The van der Waals surface area contributed by atoms with Gasteiger partial charge in [-0.15, -0.1) is 26.3 Å². The zero-order valence-corrected chi connectivity index (χ0v) is 24.0. The summed E-state index contributed by atoms with van der Waals surface area (Å²) in [5.74, 6) is -0.602. The minimum Gasteiger partial charge on any atom is -0.406 e. The lowest BCUT2D eigenvalue weighted by atomic mass is 10.1. The van der Waals surface area contributed by atoms with E-state index in [4.69, 9.17) is 0 Å². The third-order valence-electron chi connectivity index (χ3n) is 6.46.